The maximum Gasteiger partial charge on any atom is 0.264 e. The van der Waals surface area contributed by atoms with Gasteiger partial charge in [0.05, 0.1) is 17.7 Å². The Morgan fingerprint density at radius 1 is 0.822 bits per heavy atom. The van der Waals surface area contributed by atoms with Crippen LogP contribution in [-0.2, 0) is 32.6 Å². The number of hydrogen-bond acceptors (Lipinski definition) is 5. The number of hydrogen-bond donors (Lipinski definition) is 1. The zero-order valence-electron chi connectivity index (χ0n) is 26.2. The van der Waals surface area contributed by atoms with E-state index in [9.17, 15) is 18.0 Å². The molecule has 0 radical (unpaired) electrons. The minimum atomic E-state index is -4.23. The number of ether oxygens (including phenoxy) is 1. The zero-order valence-corrected chi connectivity index (χ0v) is 27.0. The predicted molar refractivity (Wildman–Crippen MR) is 178 cm³/mol. The summed E-state index contributed by atoms with van der Waals surface area (Å²) in [5.74, 6) is -0.533. The van der Waals surface area contributed by atoms with Crippen LogP contribution in [0.1, 0.15) is 37.0 Å². The fourth-order valence-corrected chi connectivity index (χ4v) is 6.39. The first-order chi connectivity index (χ1) is 21.6. The van der Waals surface area contributed by atoms with Crippen LogP contribution in [0.15, 0.2) is 114 Å². The number of para-hydroxylation sites is 2. The average molecular weight is 628 g/mol. The quantitative estimate of drug-likeness (QED) is 0.192. The molecule has 0 aliphatic carbocycles. The molecule has 8 nitrogen and oxygen atoms in total. The molecule has 236 valence electrons. The van der Waals surface area contributed by atoms with Crippen molar-refractivity contribution in [2.24, 2.45) is 0 Å². The first-order valence-corrected chi connectivity index (χ1v) is 16.5. The molecule has 4 aromatic rings. The van der Waals surface area contributed by atoms with Crippen LogP contribution in [0.25, 0.3) is 0 Å². The van der Waals surface area contributed by atoms with E-state index in [0.29, 0.717) is 12.2 Å². The molecule has 0 aliphatic rings. The molecule has 0 spiro atoms. The van der Waals surface area contributed by atoms with Gasteiger partial charge in [0.25, 0.3) is 10.0 Å². The van der Waals surface area contributed by atoms with Crippen LogP contribution < -0.4 is 14.4 Å². The van der Waals surface area contributed by atoms with E-state index in [1.54, 1.807) is 36.4 Å². The second-order valence-corrected chi connectivity index (χ2v) is 12.9. The number of rotatable bonds is 14. The van der Waals surface area contributed by atoms with Gasteiger partial charge in [-0.1, -0.05) is 97.4 Å². The summed E-state index contributed by atoms with van der Waals surface area (Å²) in [6.45, 7) is 5.32. The van der Waals surface area contributed by atoms with E-state index in [1.807, 2.05) is 81.4 Å². The van der Waals surface area contributed by atoms with Crippen molar-refractivity contribution in [3.63, 3.8) is 0 Å². The van der Waals surface area contributed by atoms with Crippen molar-refractivity contribution in [3.05, 3.63) is 126 Å². The lowest BCUT2D eigenvalue weighted by Crippen LogP contribution is -2.54. The first kappa shape index (κ1) is 33.3. The highest BCUT2D eigenvalue weighted by molar-refractivity contribution is 7.92. The van der Waals surface area contributed by atoms with Gasteiger partial charge in [0.2, 0.25) is 11.8 Å². The van der Waals surface area contributed by atoms with Crippen molar-refractivity contribution in [2.45, 2.75) is 57.1 Å². The largest absolute Gasteiger partial charge is 0.495 e. The van der Waals surface area contributed by atoms with Crippen LogP contribution in [0.2, 0.25) is 0 Å². The highest BCUT2D eigenvalue weighted by Gasteiger charge is 2.35. The molecule has 2 amide bonds. The van der Waals surface area contributed by atoms with Crippen molar-refractivity contribution in [1.82, 2.24) is 10.2 Å². The van der Waals surface area contributed by atoms with Gasteiger partial charge in [-0.05, 0) is 55.7 Å². The normalized spacial score (nSPS) is 12.5. The zero-order chi connectivity index (χ0) is 32.4. The molecule has 2 atom stereocenters. The number of carbonyl (C=O) groups is 2. The first-order valence-electron chi connectivity index (χ1n) is 15.0. The Hall–Kier alpha value is -4.63. The Morgan fingerprint density at radius 3 is 2.00 bits per heavy atom. The van der Waals surface area contributed by atoms with Gasteiger partial charge in [-0.2, -0.15) is 0 Å². The number of aryl methyl sites for hydroxylation is 1. The molecule has 0 unspecified atom stereocenters. The molecule has 45 heavy (non-hydrogen) atoms. The van der Waals surface area contributed by atoms with Crippen LogP contribution in [0.5, 0.6) is 5.75 Å². The van der Waals surface area contributed by atoms with Crippen molar-refractivity contribution in [2.75, 3.05) is 18.0 Å². The smallest absolute Gasteiger partial charge is 0.264 e. The van der Waals surface area contributed by atoms with Gasteiger partial charge in [0, 0.05) is 19.0 Å². The molecular formula is C36H41N3O5S. The highest BCUT2D eigenvalue weighted by Crippen LogP contribution is 2.32. The number of benzene rings is 4. The molecule has 1 N–H and O–H groups in total. The number of carbonyl (C=O) groups excluding carboxylic acids is 2. The van der Waals surface area contributed by atoms with Crippen LogP contribution in [0.4, 0.5) is 5.69 Å². The van der Waals surface area contributed by atoms with E-state index in [1.165, 1.54) is 24.1 Å². The van der Waals surface area contributed by atoms with Gasteiger partial charge >= 0.3 is 0 Å². The highest BCUT2D eigenvalue weighted by atomic mass is 32.2. The van der Waals surface area contributed by atoms with Gasteiger partial charge < -0.3 is 15.0 Å². The molecule has 9 heteroatoms. The lowest BCUT2D eigenvalue weighted by atomic mass is 10.0. The Balaban J connectivity index is 1.82. The van der Waals surface area contributed by atoms with Crippen LogP contribution in [0, 0.1) is 6.92 Å². The van der Waals surface area contributed by atoms with E-state index in [0.717, 1.165) is 21.0 Å². The Kier molecular flexibility index (Phi) is 11.4. The molecule has 0 aliphatic heterocycles. The fourth-order valence-electron chi connectivity index (χ4n) is 4.96. The number of amides is 2. The van der Waals surface area contributed by atoms with Gasteiger partial charge in [-0.25, -0.2) is 8.42 Å². The van der Waals surface area contributed by atoms with E-state index >= 15 is 0 Å². The summed E-state index contributed by atoms with van der Waals surface area (Å²) in [5.41, 5.74) is 2.81. The molecule has 0 aromatic heterocycles. The average Bonchev–Trinajstić information content (AvgIpc) is 3.06. The third-order valence-electron chi connectivity index (χ3n) is 7.71. The standard InChI is InChI=1S/C36H41N3O5S/c1-5-28(3)37-36(41)33(24-29-14-8-6-9-15-29)38(25-30-16-10-7-11-17-30)35(40)26-39(32-18-12-13-19-34(32)44-4)45(42,43)31-22-20-27(2)21-23-31/h6-23,28,33H,5,24-26H2,1-4H3,(H,37,41)/t28-,33-/m1/s1. The molecule has 0 bridgehead atoms. The van der Waals surface area contributed by atoms with Crippen LogP contribution in [0.3, 0.4) is 0 Å². The van der Waals surface area contributed by atoms with E-state index in [4.69, 9.17) is 4.74 Å². The summed E-state index contributed by atoms with van der Waals surface area (Å²) in [5, 5.41) is 3.05. The number of anilines is 1. The summed E-state index contributed by atoms with van der Waals surface area (Å²) >= 11 is 0. The molecule has 0 fully saturated rings. The fraction of sp³-hybridized carbons (Fsp3) is 0.278. The monoisotopic (exact) mass is 627 g/mol. The van der Waals surface area contributed by atoms with Crippen molar-refractivity contribution < 1.29 is 22.7 Å². The van der Waals surface area contributed by atoms with E-state index in [2.05, 4.69) is 5.32 Å². The third kappa shape index (κ3) is 8.51. The summed E-state index contributed by atoms with van der Waals surface area (Å²) < 4.78 is 35.1. The topological polar surface area (TPSA) is 96.0 Å². The summed E-state index contributed by atoms with van der Waals surface area (Å²) in [4.78, 5) is 30.0. The number of methoxy groups -OCH3 is 1. The Bertz CT molecular complexity index is 1660. The van der Waals surface area contributed by atoms with Crippen LogP contribution in [-0.4, -0.2) is 50.9 Å². The molecular weight excluding hydrogens is 586 g/mol. The van der Waals surface area contributed by atoms with Gasteiger partial charge in [0.15, 0.2) is 0 Å². The van der Waals surface area contributed by atoms with Crippen LogP contribution >= 0.6 is 0 Å². The van der Waals surface area contributed by atoms with E-state index < -0.39 is 28.5 Å². The third-order valence-corrected chi connectivity index (χ3v) is 9.48. The van der Waals surface area contributed by atoms with Gasteiger partial charge in [0.1, 0.15) is 18.3 Å². The van der Waals surface area contributed by atoms with Crippen molar-refractivity contribution >= 4 is 27.5 Å². The summed E-state index contributed by atoms with van der Waals surface area (Å²) in [6.07, 6.45) is 0.966. The number of nitrogens with zero attached hydrogens (tertiary/aromatic N) is 2. The molecule has 0 saturated carbocycles. The Labute approximate surface area is 266 Å². The second-order valence-electron chi connectivity index (χ2n) is 11.0. The van der Waals surface area contributed by atoms with E-state index in [-0.39, 0.29) is 35.5 Å². The number of nitrogens with one attached hydrogen (secondary N) is 1. The maximum atomic E-state index is 14.6. The molecule has 0 heterocycles. The summed E-state index contributed by atoms with van der Waals surface area (Å²) in [6, 6.07) is 31.0. The van der Waals surface area contributed by atoms with Crippen molar-refractivity contribution in [1.29, 1.82) is 0 Å². The van der Waals surface area contributed by atoms with Gasteiger partial charge in [-0.15, -0.1) is 0 Å². The molecule has 4 aromatic carbocycles. The Morgan fingerprint density at radius 2 is 1.40 bits per heavy atom. The predicted octanol–water partition coefficient (Wildman–Crippen LogP) is 5.75. The lowest BCUT2D eigenvalue weighted by molar-refractivity contribution is -0.140. The van der Waals surface area contributed by atoms with Gasteiger partial charge in [-0.3, -0.25) is 13.9 Å². The second kappa shape index (κ2) is 15.4. The maximum absolute atomic E-state index is 14.6. The lowest BCUT2D eigenvalue weighted by Gasteiger charge is -2.34. The number of sulfonamides is 1. The SMILES string of the molecule is CC[C@@H](C)NC(=O)[C@@H](Cc1ccccc1)N(Cc1ccccc1)C(=O)CN(c1ccccc1OC)S(=O)(=O)c1ccc(C)cc1. The minimum absolute atomic E-state index is 0.0387. The molecule has 0 saturated heterocycles. The molecule has 4 rings (SSSR count). The minimum Gasteiger partial charge on any atom is -0.495 e. The summed E-state index contributed by atoms with van der Waals surface area (Å²) in [7, 11) is -2.77. The van der Waals surface area contributed by atoms with Crippen molar-refractivity contribution in [3.8, 4) is 5.75 Å².